The van der Waals surface area contributed by atoms with Crippen molar-refractivity contribution >= 4 is 29.2 Å². The minimum absolute atomic E-state index is 0.0498. The highest BCUT2D eigenvalue weighted by Gasteiger charge is 2.23. The Morgan fingerprint density at radius 1 is 1.13 bits per heavy atom. The van der Waals surface area contributed by atoms with Crippen molar-refractivity contribution in [2.75, 3.05) is 37.6 Å². The van der Waals surface area contributed by atoms with Crippen LogP contribution in [0.25, 0.3) is 0 Å². The number of nitrogens with one attached hydrogen (secondary N) is 1. The van der Waals surface area contributed by atoms with Gasteiger partial charge in [0.25, 0.3) is 5.91 Å². The molecule has 2 heterocycles. The Kier molecular flexibility index (Phi) is 8.23. The van der Waals surface area contributed by atoms with E-state index < -0.39 is 5.82 Å². The summed E-state index contributed by atoms with van der Waals surface area (Å²) in [5.74, 6) is 0.0528. The zero-order chi connectivity index (χ0) is 22.2. The van der Waals surface area contributed by atoms with Gasteiger partial charge >= 0.3 is 0 Å². The number of halogens is 2. The molecular formula is C23H28ClFN4O2. The van der Waals surface area contributed by atoms with E-state index in [0.29, 0.717) is 38.3 Å². The number of aromatic nitrogens is 1. The van der Waals surface area contributed by atoms with Crippen LogP contribution in [0.4, 0.5) is 10.2 Å². The van der Waals surface area contributed by atoms with Gasteiger partial charge < -0.3 is 15.1 Å². The lowest BCUT2D eigenvalue weighted by molar-refractivity contribution is -0.130. The molecule has 1 fully saturated rings. The lowest BCUT2D eigenvalue weighted by Gasteiger charge is -2.35. The Bertz CT molecular complexity index is 879. The van der Waals surface area contributed by atoms with Crippen LogP contribution in [0.5, 0.6) is 0 Å². The number of nitrogens with zero attached hydrogens (tertiary/aromatic N) is 3. The van der Waals surface area contributed by atoms with E-state index >= 15 is 0 Å². The lowest BCUT2D eigenvalue weighted by atomic mass is 10.1. The second-order valence-electron chi connectivity index (χ2n) is 7.61. The van der Waals surface area contributed by atoms with Crippen molar-refractivity contribution < 1.29 is 14.0 Å². The molecule has 0 atom stereocenters. The first-order chi connectivity index (χ1) is 15.0. The third-order valence-corrected chi connectivity index (χ3v) is 5.78. The van der Waals surface area contributed by atoms with Gasteiger partial charge in [0.1, 0.15) is 11.6 Å². The van der Waals surface area contributed by atoms with E-state index in [0.717, 1.165) is 25.1 Å². The van der Waals surface area contributed by atoms with Crippen LogP contribution in [-0.4, -0.2) is 54.4 Å². The molecular weight excluding hydrogens is 419 g/mol. The highest BCUT2D eigenvalue weighted by Crippen LogP contribution is 2.21. The number of unbranched alkanes of at least 4 members (excludes halogenated alkanes) is 2. The number of hydrogen-bond donors (Lipinski definition) is 1. The highest BCUT2D eigenvalue weighted by molar-refractivity contribution is 6.31. The van der Waals surface area contributed by atoms with Crippen molar-refractivity contribution in [1.29, 1.82) is 0 Å². The molecule has 166 valence electrons. The van der Waals surface area contributed by atoms with Crippen molar-refractivity contribution in [2.45, 2.75) is 32.6 Å². The monoisotopic (exact) mass is 446 g/mol. The normalized spacial score (nSPS) is 13.9. The summed E-state index contributed by atoms with van der Waals surface area (Å²) in [6.07, 6.45) is 4.72. The number of carbonyl (C=O) groups is 2. The molecule has 1 aromatic carbocycles. The first kappa shape index (κ1) is 23.0. The predicted octanol–water partition coefficient (Wildman–Crippen LogP) is 3.69. The number of benzene rings is 1. The molecule has 0 aliphatic carbocycles. The Hall–Kier alpha value is -2.67. The Morgan fingerprint density at radius 2 is 1.90 bits per heavy atom. The molecule has 1 aliphatic heterocycles. The first-order valence-electron chi connectivity index (χ1n) is 10.7. The summed E-state index contributed by atoms with van der Waals surface area (Å²) in [4.78, 5) is 33.0. The van der Waals surface area contributed by atoms with Crippen molar-refractivity contribution in [3.8, 4) is 0 Å². The number of anilines is 1. The summed E-state index contributed by atoms with van der Waals surface area (Å²) in [6.45, 7) is 5.07. The SMILES string of the molecule is CCCCCNC(=O)c1ccc(N2CCN(C(=O)Cc3c(F)cccc3Cl)CC2)nc1. The Morgan fingerprint density at radius 3 is 2.55 bits per heavy atom. The molecule has 1 N–H and O–H groups in total. The van der Waals surface area contributed by atoms with Crippen molar-refractivity contribution in [3.05, 3.63) is 58.5 Å². The van der Waals surface area contributed by atoms with Gasteiger partial charge in [-0.05, 0) is 30.7 Å². The average molecular weight is 447 g/mol. The molecule has 1 aliphatic rings. The third kappa shape index (κ3) is 6.17. The summed E-state index contributed by atoms with van der Waals surface area (Å²) in [7, 11) is 0. The van der Waals surface area contributed by atoms with Crippen LogP contribution >= 0.6 is 11.6 Å². The van der Waals surface area contributed by atoms with Crippen LogP contribution in [0, 0.1) is 5.82 Å². The van der Waals surface area contributed by atoms with E-state index in [1.807, 2.05) is 6.07 Å². The molecule has 0 spiro atoms. The van der Waals surface area contributed by atoms with Gasteiger partial charge in [0, 0.05) is 49.5 Å². The van der Waals surface area contributed by atoms with E-state index in [4.69, 9.17) is 11.6 Å². The topological polar surface area (TPSA) is 65.5 Å². The van der Waals surface area contributed by atoms with E-state index in [1.54, 1.807) is 23.2 Å². The number of amides is 2. The number of hydrogen-bond acceptors (Lipinski definition) is 4. The molecule has 0 saturated carbocycles. The largest absolute Gasteiger partial charge is 0.353 e. The van der Waals surface area contributed by atoms with Crippen LogP contribution in [0.2, 0.25) is 5.02 Å². The molecule has 0 unspecified atom stereocenters. The average Bonchev–Trinajstić information content (AvgIpc) is 2.79. The van der Waals surface area contributed by atoms with Gasteiger partial charge in [0.05, 0.1) is 12.0 Å². The number of piperazine rings is 1. The molecule has 3 rings (SSSR count). The van der Waals surface area contributed by atoms with Gasteiger partial charge in [-0.2, -0.15) is 0 Å². The van der Waals surface area contributed by atoms with E-state index in [9.17, 15) is 14.0 Å². The zero-order valence-corrected chi connectivity index (χ0v) is 18.5. The number of pyridine rings is 1. The second kappa shape index (κ2) is 11.1. The van der Waals surface area contributed by atoms with E-state index in [1.165, 1.54) is 12.1 Å². The molecule has 2 amide bonds. The second-order valence-corrected chi connectivity index (χ2v) is 8.02. The summed E-state index contributed by atoms with van der Waals surface area (Å²) >= 11 is 6.04. The quantitative estimate of drug-likeness (QED) is 0.628. The molecule has 1 aromatic heterocycles. The maximum Gasteiger partial charge on any atom is 0.252 e. The van der Waals surface area contributed by atoms with Gasteiger partial charge in [-0.15, -0.1) is 0 Å². The van der Waals surface area contributed by atoms with Crippen molar-refractivity contribution in [2.24, 2.45) is 0 Å². The smallest absolute Gasteiger partial charge is 0.252 e. The van der Waals surface area contributed by atoms with Gasteiger partial charge in [0.15, 0.2) is 0 Å². The Balaban J connectivity index is 1.50. The molecule has 31 heavy (non-hydrogen) atoms. The van der Waals surface area contributed by atoms with E-state index in [2.05, 4.69) is 22.1 Å². The minimum Gasteiger partial charge on any atom is -0.353 e. The molecule has 0 bridgehead atoms. The minimum atomic E-state index is -0.460. The fourth-order valence-electron chi connectivity index (χ4n) is 3.54. The molecule has 6 nitrogen and oxygen atoms in total. The molecule has 2 aromatic rings. The standard InChI is InChI=1S/C23H28ClFN4O2/c1-2-3-4-10-26-23(31)17-8-9-21(27-16-17)28-11-13-29(14-12-28)22(30)15-18-19(24)6-5-7-20(18)25/h5-9,16H,2-4,10-15H2,1H3,(H,26,31). The predicted molar refractivity (Wildman–Crippen MR) is 120 cm³/mol. The first-order valence-corrected chi connectivity index (χ1v) is 11.1. The number of rotatable bonds is 8. The highest BCUT2D eigenvalue weighted by atomic mass is 35.5. The molecule has 8 heteroatoms. The Labute approximate surface area is 187 Å². The number of carbonyl (C=O) groups excluding carboxylic acids is 2. The van der Waals surface area contributed by atoms with Gasteiger partial charge in [-0.3, -0.25) is 9.59 Å². The van der Waals surface area contributed by atoms with Crippen LogP contribution < -0.4 is 10.2 Å². The van der Waals surface area contributed by atoms with E-state index in [-0.39, 0.29) is 28.8 Å². The summed E-state index contributed by atoms with van der Waals surface area (Å²) in [5, 5.41) is 3.18. The van der Waals surface area contributed by atoms with Crippen LogP contribution in [0.3, 0.4) is 0 Å². The lowest BCUT2D eigenvalue weighted by Crippen LogP contribution is -2.49. The molecule has 0 radical (unpaired) electrons. The maximum absolute atomic E-state index is 14.0. The summed E-state index contributed by atoms with van der Waals surface area (Å²) in [6, 6.07) is 8.03. The van der Waals surface area contributed by atoms with Crippen LogP contribution in [0.15, 0.2) is 36.5 Å². The maximum atomic E-state index is 14.0. The van der Waals surface area contributed by atoms with Crippen LogP contribution in [-0.2, 0) is 11.2 Å². The summed E-state index contributed by atoms with van der Waals surface area (Å²) < 4.78 is 14.0. The van der Waals surface area contributed by atoms with Gasteiger partial charge in [-0.25, -0.2) is 9.37 Å². The van der Waals surface area contributed by atoms with Gasteiger partial charge in [0.2, 0.25) is 5.91 Å². The van der Waals surface area contributed by atoms with Crippen molar-refractivity contribution in [3.63, 3.8) is 0 Å². The van der Waals surface area contributed by atoms with Crippen molar-refractivity contribution in [1.82, 2.24) is 15.2 Å². The molecule has 1 saturated heterocycles. The summed E-state index contributed by atoms with van der Waals surface area (Å²) in [5.41, 5.74) is 0.776. The third-order valence-electron chi connectivity index (χ3n) is 5.42. The van der Waals surface area contributed by atoms with Crippen LogP contribution in [0.1, 0.15) is 42.1 Å². The fourth-order valence-corrected chi connectivity index (χ4v) is 3.77. The van der Waals surface area contributed by atoms with Gasteiger partial charge in [-0.1, -0.05) is 37.4 Å². The fraction of sp³-hybridized carbons (Fsp3) is 0.435. The zero-order valence-electron chi connectivity index (χ0n) is 17.7.